The Kier molecular flexibility index (Phi) is 4.58. The van der Waals surface area contributed by atoms with Crippen molar-refractivity contribution >= 4 is 17.2 Å². The molecule has 0 radical (unpaired) electrons. The predicted molar refractivity (Wildman–Crippen MR) is 84.4 cm³/mol. The van der Waals surface area contributed by atoms with Crippen LogP contribution >= 0.6 is 12.2 Å². The quantitative estimate of drug-likeness (QED) is 0.858. The number of aryl methyl sites for hydroxylation is 1. The van der Waals surface area contributed by atoms with E-state index in [0.717, 1.165) is 22.4 Å². The van der Waals surface area contributed by atoms with Gasteiger partial charge in [0, 0.05) is 5.56 Å². The monoisotopic (exact) mass is 287 g/mol. The lowest BCUT2D eigenvalue weighted by molar-refractivity contribution is 0.284. The molecule has 0 unspecified atom stereocenters. The minimum Gasteiger partial charge on any atom is -0.493 e. The number of nitrogens with two attached hydrogens (primary N) is 1. The molecule has 0 saturated carbocycles. The van der Waals surface area contributed by atoms with Crippen LogP contribution in [0.1, 0.15) is 16.7 Å². The van der Waals surface area contributed by atoms with E-state index in [9.17, 15) is 0 Å². The normalized spacial score (nSPS) is 10.1. The molecule has 2 aromatic carbocycles. The third-order valence-corrected chi connectivity index (χ3v) is 3.21. The van der Waals surface area contributed by atoms with Crippen LogP contribution in [0, 0.1) is 6.92 Å². The molecule has 2 rings (SSSR count). The van der Waals surface area contributed by atoms with Crippen molar-refractivity contribution in [2.24, 2.45) is 5.73 Å². The van der Waals surface area contributed by atoms with Gasteiger partial charge in [0.05, 0.1) is 7.11 Å². The predicted octanol–water partition coefficient (Wildman–Crippen LogP) is 3.22. The third-order valence-electron chi connectivity index (χ3n) is 2.99. The molecule has 0 aliphatic heterocycles. The number of thiocarbonyl (C=S) groups is 1. The van der Waals surface area contributed by atoms with Crippen molar-refractivity contribution in [1.82, 2.24) is 0 Å². The molecule has 0 aliphatic carbocycles. The van der Waals surface area contributed by atoms with E-state index in [2.05, 4.69) is 0 Å². The van der Waals surface area contributed by atoms with Crippen LogP contribution in [0.2, 0.25) is 0 Å². The van der Waals surface area contributed by atoms with E-state index in [1.54, 1.807) is 7.11 Å². The first-order chi connectivity index (χ1) is 9.61. The molecule has 0 aromatic heterocycles. The lowest BCUT2D eigenvalue weighted by Crippen LogP contribution is -2.13. The number of hydrogen-bond donors (Lipinski definition) is 1. The van der Waals surface area contributed by atoms with Crippen molar-refractivity contribution in [1.29, 1.82) is 0 Å². The highest BCUT2D eigenvalue weighted by Crippen LogP contribution is 2.28. The molecule has 20 heavy (non-hydrogen) atoms. The highest BCUT2D eigenvalue weighted by atomic mass is 32.1. The van der Waals surface area contributed by atoms with Gasteiger partial charge < -0.3 is 15.2 Å². The number of benzene rings is 2. The number of rotatable bonds is 5. The Hall–Kier alpha value is -2.07. The zero-order valence-electron chi connectivity index (χ0n) is 11.6. The van der Waals surface area contributed by atoms with Crippen molar-refractivity contribution in [3.8, 4) is 11.5 Å². The fourth-order valence-corrected chi connectivity index (χ4v) is 2.14. The van der Waals surface area contributed by atoms with Gasteiger partial charge in [0.25, 0.3) is 0 Å². The summed E-state index contributed by atoms with van der Waals surface area (Å²) in [6.07, 6.45) is 0. The first-order valence-electron chi connectivity index (χ1n) is 6.27. The summed E-state index contributed by atoms with van der Waals surface area (Å²) in [4.78, 5) is 0.375. The summed E-state index contributed by atoms with van der Waals surface area (Å²) in [6, 6.07) is 13.5. The minimum atomic E-state index is 0.375. The molecular formula is C16H17NO2S. The Balaban J connectivity index is 2.19. The van der Waals surface area contributed by atoms with E-state index in [0.29, 0.717) is 17.3 Å². The molecular weight excluding hydrogens is 270 g/mol. The second kappa shape index (κ2) is 6.39. The topological polar surface area (TPSA) is 44.5 Å². The van der Waals surface area contributed by atoms with E-state index in [4.69, 9.17) is 27.4 Å². The molecule has 4 heteroatoms. The van der Waals surface area contributed by atoms with Crippen LogP contribution in [-0.2, 0) is 6.61 Å². The SMILES string of the molecule is COc1cc(C)ccc1OCc1ccccc1C(N)=S. The van der Waals surface area contributed by atoms with Crippen LogP contribution in [0.4, 0.5) is 0 Å². The van der Waals surface area contributed by atoms with E-state index in [-0.39, 0.29) is 0 Å². The zero-order chi connectivity index (χ0) is 14.5. The summed E-state index contributed by atoms with van der Waals surface area (Å²) in [5, 5.41) is 0. The maximum absolute atomic E-state index is 5.82. The third kappa shape index (κ3) is 3.27. The lowest BCUT2D eigenvalue weighted by atomic mass is 10.1. The molecule has 0 atom stereocenters. The summed E-state index contributed by atoms with van der Waals surface area (Å²) >= 11 is 5.04. The van der Waals surface area contributed by atoms with E-state index >= 15 is 0 Å². The fraction of sp³-hybridized carbons (Fsp3) is 0.188. The number of ether oxygens (including phenoxy) is 2. The van der Waals surface area contributed by atoms with Gasteiger partial charge in [0.2, 0.25) is 0 Å². The van der Waals surface area contributed by atoms with Gasteiger partial charge in [-0.05, 0) is 30.2 Å². The summed E-state index contributed by atoms with van der Waals surface area (Å²) in [7, 11) is 1.63. The molecule has 104 valence electrons. The molecule has 2 N–H and O–H groups in total. The summed E-state index contributed by atoms with van der Waals surface area (Å²) in [6.45, 7) is 2.40. The Morgan fingerprint density at radius 2 is 1.90 bits per heavy atom. The van der Waals surface area contributed by atoms with Crippen molar-refractivity contribution in [3.63, 3.8) is 0 Å². The van der Waals surface area contributed by atoms with Gasteiger partial charge in [-0.15, -0.1) is 0 Å². The smallest absolute Gasteiger partial charge is 0.161 e. The van der Waals surface area contributed by atoms with Gasteiger partial charge in [-0.2, -0.15) is 0 Å². The average molecular weight is 287 g/mol. The second-order valence-electron chi connectivity index (χ2n) is 4.46. The fourth-order valence-electron chi connectivity index (χ4n) is 1.94. The molecule has 2 aromatic rings. The molecule has 3 nitrogen and oxygen atoms in total. The van der Waals surface area contributed by atoms with Crippen molar-refractivity contribution in [3.05, 3.63) is 59.2 Å². The largest absolute Gasteiger partial charge is 0.493 e. The van der Waals surface area contributed by atoms with Crippen molar-refractivity contribution in [2.45, 2.75) is 13.5 Å². The molecule has 0 amide bonds. The molecule has 0 heterocycles. The number of methoxy groups -OCH3 is 1. The standard InChI is InChI=1S/C16H17NO2S/c1-11-7-8-14(15(9-11)18-2)19-10-12-5-3-4-6-13(12)16(17)20/h3-9H,10H2,1-2H3,(H2,17,20). The van der Waals surface area contributed by atoms with Gasteiger partial charge in [0.1, 0.15) is 11.6 Å². The summed E-state index contributed by atoms with van der Waals surface area (Å²) < 4.78 is 11.1. The molecule has 0 fully saturated rings. The second-order valence-corrected chi connectivity index (χ2v) is 4.90. The zero-order valence-corrected chi connectivity index (χ0v) is 12.4. The molecule has 0 bridgehead atoms. The van der Waals surface area contributed by atoms with Crippen LogP contribution in [-0.4, -0.2) is 12.1 Å². The molecule has 0 saturated heterocycles. The van der Waals surface area contributed by atoms with Gasteiger partial charge in [-0.3, -0.25) is 0 Å². The van der Waals surface area contributed by atoms with Gasteiger partial charge in [0.15, 0.2) is 11.5 Å². The highest BCUT2D eigenvalue weighted by molar-refractivity contribution is 7.80. The van der Waals surface area contributed by atoms with Gasteiger partial charge in [-0.25, -0.2) is 0 Å². The van der Waals surface area contributed by atoms with E-state index < -0.39 is 0 Å². The van der Waals surface area contributed by atoms with Crippen LogP contribution in [0.15, 0.2) is 42.5 Å². The Morgan fingerprint density at radius 1 is 1.15 bits per heavy atom. The molecule has 0 aliphatic rings. The van der Waals surface area contributed by atoms with Crippen LogP contribution < -0.4 is 15.2 Å². The average Bonchev–Trinajstić information content (AvgIpc) is 2.46. The first-order valence-corrected chi connectivity index (χ1v) is 6.68. The van der Waals surface area contributed by atoms with Crippen LogP contribution in [0.3, 0.4) is 0 Å². The maximum atomic E-state index is 5.82. The van der Waals surface area contributed by atoms with Crippen LogP contribution in [0.5, 0.6) is 11.5 Å². The van der Waals surface area contributed by atoms with Crippen molar-refractivity contribution < 1.29 is 9.47 Å². The molecule has 0 spiro atoms. The van der Waals surface area contributed by atoms with E-state index in [1.165, 1.54) is 0 Å². The lowest BCUT2D eigenvalue weighted by Gasteiger charge is -2.13. The van der Waals surface area contributed by atoms with Gasteiger partial charge >= 0.3 is 0 Å². The minimum absolute atomic E-state index is 0.375. The Labute approximate surface area is 124 Å². The highest BCUT2D eigenvalue weighted by Gasteiger charge is 2.08. The first kappa shape index (κ1) is 14.3. The summed E-state index contributed by atoms with van der Waals surface area (Å²) in [5.74, 6) is 1.42. The maximum Gasteiger partial charge on any atom is 0.161 e. The summed E-state index contributed by atoms with van der Waals surface area (Å²) in [5.41, 5.74) is 8.64. The number of hydrogen-bond acceptors (Lipinski definition) is 3. The van der Waals surface area contributed by atoms with Crippen molar-refractivity contribution in [2.75, 3.05) is 7.11 Å². The Bertz CT molecular complexity index is 626. The van der Waals surface area contributed by atoms with Gasteiger partial charge in [-0.1, -0.05) is 42.5 Å². The Morgan fingerprint density at radius 3 is 2.60 bits per heavy atom. The van der Waals surface area contributed by atoms with E-state index in [1.807, 2.05) is 49.4 Å². The van der Waals surface area contributed by atoms with Crippen LogP contribution in [0.25, 0.3) is 0 Å².